The van der Waals surface area contributed by atoms with Gasteiger partial charge in [-0.15, -0.1) is 0 Å². The fourth-order valence-corrected chi connectivity index (χ4v) is 2.48. The minimum Gasteiger partial charge on any atom is -0.481 e. The number of carbonyl (C=O) groups is 2. The van der Waals surface area contributed by atoms with Crippen LogP contribution in [0.2, 0.25) is 0 Å². The smallest absolute Gasteiger partial charge is 0.317 e. The number of imidazole rings is 1. The van der Waals surface area contributed by atoms with Gasteiger partial charge in [0.1, 0.15) is 0 Å². The predicted molar refractivity (Wildman–Crippen MR) is 72.0 cm³/mol. The number of carbonyl (C=O) groups excluding carboxylic acids is 1. The van der Waals surface area contributed by atoms with Crippen molar-refractivity contribution in [3.8, 4) is 0 Å². The second-order valence-corrected chi connectivity index (χ2v) is 5.12. The molecule has 1 unspecified atom stereocenters. The van der Waals surface area contributed by atoms with Gasteiger partial charge in [0.15, 0.2) is 0 Å². The van der Waals surface area contributed by atoms with Crippen molar-refractivity contribution >= 4 is 12.0 Å². The van der Waals surface area contributed by atoms with Crippen LogP contribution in [0.25, 0.3) is 0 Å². The van der Waals surface area contributed by atoms with E-state index in [-0.39, 0.29) is 18.4 Å². The number of hydrogen-bond acceptors (Lipinski definition) is 3. The van der Waals surface area contributed by atoms with Crippen molar-refractivity contribution in [2.45, 2.75) is 32.2 Å². The number of aromatic amines is 1. The van der Waals surface area contributed by atoms with Gasteiger partial charge in [-0.1, -0.05) is 0 Å². The first-order chi connectivity index (χ1) is 9.65. The van der Waals surface area contributed by atoms with Crippen LogP contribution >= 0.6 is 0 Å². The lowest BCUT2D eigenvalue weighted by Crippen LogP contribution is -2.45. The van der Waals surface area contributed by atoms with Crippen molar-refractivity contribution in [1.29, 1.82) is 0 Å². The molecule has 1 aromatic rings. The van der Waals surface area contributed by atoms with Crippen molar-refractivity contribution in [1.82, 2.24) is 20.2 Å². The quantitative estimate of drug-likeness (QED) is 0.754. The highest BCUT2D eigenvalue weighted by atomic mass is 16.4. The van der Waals surface area contributed by atoms with Gasteiger partial charge in [0.2, 0.25) is 0 Å². The van der Waals surface area contributed by atoms with Gasteiger partial charge in [0, 0.05) is 25.7 Å². The molecule has 0 aliphatic carbocycles. The van der Waals surface area contributed by atoms with E-state index in [9.17, 15) is 9.59 Å². The third-order valence-corrected chi connectivity index (χ3v) is 3.56. The lowest BCUT2D eigenvalue weighted by atomic mass is 9.93. The topological polar surface area (TPSA) is 98.3 Å². The molecule has 2 amide bonds. The lowest BCUT2D eigenvalue weighted by Gasteiger charge is -2.32. The van der Waals surface area contributed by atoms with Crippen LogP contribution in [0.5, 0.6) is 0 Å². The van der Waals surface area contributed by atoms with Gasteiger partial charge in [0.05, 0.1) is 18.6 Å². The first kappa shape index (κ1) is 14.4. The largest absolute Gasteiger partial charge is 0.481 e. The van der Waals surface area contributed by atoms with E-state index in [1.54, 1.807) is 17.4 Å². The molecule has 3 N–H and O–H groups in total. The summed E-state index contributed by atoms with van der Waals surface area (Å²) in [5.74, 6) is -0.483. The van der Waals surface area contributed by atoms with Gasteiger partial charge < -0.3 is 20.3 Å². The zero-order valence-electron chi connectivity index (χ0n) is 11.3. The summed E-state index contributed by atoms with van der Waals surface area (Å²) < 4.78 is 0. The molecule has 1 atom stereocenters. The molecule has 2 heterocycles. The van der Waals surface area contributed by atoms with Crippen LogP contribution in [0.4, 0.5) is 4.79 Å². The first-order valence-corrected chi connectivity index (χ1v) is 6.87. The number of piperidine rings is 1. The molecule has 0 saturated carbocycles. The minimum absolute atomic E-state index is 0.0976. The summed E-state index contributed by atoms with van der Waals surface area (Å²) >= 11 is 0. The number of carboxylic acids is 1. The summed E-state index contributed by atoms with van der Waals surface area (Å²) in [6.45, 7) is 1.80. The van der Waals surface area contributed by atoms with Crippen LogP contribution in [0, 0.1) is 5.92 Å². The number of rotatable bonds is 5. The Morgan fingerprint density at radius 2 is 2.40 bits per heavy atom. The van der Waals surface area contributed by atoms with Gasteiger partial charge in [-0.25, -0.2) is 9.78 Å². The molecule has 0 radical (unpaired) electrons. The molecule has 0 bridgehead atoms. The Labute approximate surface area is 117 Å². The first-order valence-electron chi connectivity index (χ1n) is 6.87. The van der Waals surface area contributed by atoms with E-state index < -0.39 is 5.97 Å². The van der Waals surface area contributed by atoms with Crippen LogP contribution in [0.3, 0.4) is 0 Å². The zero-order chi connectivity index (χ0) is 14.4. The van der Waals surface area contributed by atoms with E-state index in [4.69, 9.17) is 5.11 Å². The molecule has 1 aliphatic rings. The molecular weight excluding hydrogens is 260 g/mol. The van der Waals surface area contributed by atoms with Gasteiger partial charge in [-0.05, 0) is 25.2 Å². The van der Waals surface area contributed by atoms with Crippen LogP contribution in [-0.4, -0.2) is 45.1 Å². The van der Waals surface area contributed by atoms with Crippen LogP contribution < -0.4 is 5.32 Å². The van der Waals surface area contributed by atoms with Crippen LogP contribution in [-0.2, 0) is 11.3 Å². The molecule has 1 saturated heterocycles. The number of urea groups is 1. The predicted octanol–water partition coefficient (Wildman–Crippen LogP) is 1.20. The molecule has 110 valence electrons. The normalized spacial score (nSPS) is 18.8. The van der Waals surface area contributed by atoms with Gasteiger partial charge in [-0.2, -0.15) is 0 Å². The Morgan fingerprint density at radius 1 is 1.55 bits per heavy atom. The average molecular weight is 280 g/mol. The van der Waals surface area contributed by atoms with Crippen molar-refractivity contribution in [3.05, 3.63) is 18.2 Å². The molecule has 1 aromatic heterocycles. The third kappa shape index (κ3) is 4.25. The van der Waals surface area contributed by atoms with Crippen molar-refractivity contribution in [2.75, 3.05) is 13.1 Å². The molecule has 0 aromatic carbocycles. The zero-order valence-corrected chi connectivity index (χ0v) is 11.3. The number of nitrogens with zero attached hydrogens (tertiary/aromatic N) is 2. The standard InChI is InChI=1S/C13H20N4O3/c18-12(19)4-3-10-2-1-5-17(8-10)13(20)15-7-11-6-14-9-16-11/h6,9-10H,1-5,7-8H2,(H,14,16)(H,15,20)(H,18,19). The maximum absolute atomic E-state index is 12.0. The number of carboxylic acid groups (broad SMARTS) is 1. The van der Waals surface area contributed by atoms with E-state index in [0.29, 0.717) is 19.5 Å². The number of nitrogens with one attached hydrogen (secondary N) is 2. The molecule has 2 rings (SSSR count). The Balaban J connectivity index is 1.76. The minimum atomic E-state index is -0.772. The summed E-state index contributed by atoms with van der Waals surface area (Å²) in [6.07, 6.45) is 5.99. The number of H-pyrrole nitrogens is 1. The van der Waals surface area contributed by atoms with Crippen LogP contribution in [0.1, 0.15) is 31.4 Å². The maximum Gasteiger partial charge on any atom is 0.317 e. The molecule has 0 spiro atoms. The Morgan fingerprint density at radius 3 is 3.10 bits per heavy atom. The Bertz CT molecular complexity index is 446. The lowest BCUT2D eigenvalue weighted by molar-refractivity contribution is -0.137. The number of hydrogen-bond donors (Lipinski definition) is 3. The number of aromatic nitrogens is 2. The molecule has 1 fully saturated rings. The molecule has 1 aliphatic heterocycles. The summed E-state index contributed by atoms with van der Waals surface area (Å²) in [5, 5.41) is 11.5. The molecule has 20 heavy (non-hydrogen) atoms. The third-order valence-electron chi connectivity index (χ3n) is 3.56. The van der Waals surface area contributed by atoms with E-state index >= 15 is 0 Å². The summed E-state index contributed by atoms with van der Waals surface area (Å²) in [4.78, 5) is 31.2. The average Bonchev–Trinajstić information content (AvgIpc) is 2.96. The highest BCUT2D eigenvalue weighted by Crippen LogP contribution is 2.21. The SMILES string of the molecule is O=C(O)CCC1CCCN(C(=O)NCc2cnc[nH]2)C1. The molecular formula is C13H20N4O3. The van der Waals surface area contributed by atoms with Crippen LogP contribution in [0.15, 0.2) is 12.5 Å². The van der Waals surface area contributed by atoms with E-state index in [2.05, 4.69) is 15.3 Å². The summed E-state index contributed by atoms with van der Waals surface area (Å²) in [6, 6.07) is -0.0976. The Kier molecular flexibility index (Phi) is 4.97. The molecule has 7 heteroatoms. The van der Waals surface area contributed by atoms with E-state index in [1.165, 1.54) is 0 Å². The van der Waals surface area contributed by atoms with E-state index in [1.807, 2.05) is 0 Å². The number of amides is 2. The van der Waals surface area contributed by atoms with E-state index in [0.717, 1.165) is 25.1 Å². The highest BCUT2D eigenvalue weighted by molar-refractivity contribution is 5.74. The maximum atomic E-state index is 12.0. The van der Waals surface area contributed by atoms with Crippen molar-refractivity contribution in [3.63, 3.8) is 0 Å². The molecule has 7 nitrogen and oxygen atoms in total. The second-order valence-electron chi connectivity index (χ2n) is 5.12. The number of likely N-dealkylation sites (tertiary alicyclic amines) is 1. The van der Waals surface area contributed by atoms with Gasteiger partial charge >= 0.3 is 12.0 Å². The fourth-order valence-electron chi connectivity index (χ4n) is 2.48. The summed E-state index contributed by atoms with van der Waals surface area (Å²) in [7, 11) is 0. The fraction of sp³-hybridized carbons (Fsp3) is 0.615. The van der Waals surface area contributed by atoms with Gasteiger partial charge in [-0.3, -0.25) is 4.79 Å². The second kappa shape index (κ2) is 6.93. The number of aliphatic carboxylic acids is 1. The van der Waals surface area contributed by atoms with Crippen molar-refractivity contribution in [2.24, 2.45) is 5.92 Å². The summed E-state index contributed by atoms with van der Waals surface area (Å²) in [5.41, 5.74) is 0.859. The van der Waals surface area contributed by atoms with Gasteiger partial charge in [0.25, 0.3) is 0 Å². The highest BCUT2D eigenvalue weighted by Gasteiger charge is 2.23. The monoisotopic (exact) mass is 280 g/mol. The Hall–Kier alpha value is -2.05. The van der Waals surface area contributed by atoms with Crippen molar-refractivity contribution < 1.29 is 14.7 Å².